The van der Waals surface area contributed by atoms with Gasteiger partial charge in [0.15, 0.2) is 0 Å². The van der Waals surface area contributed by atoms with Gasteiger partial charge in [-0.3, -0.25) is 4.79 Å². The first-order valence-corrected chi connectivity index (χ1v) is 4.80. The van der Waals surface area contributed by atoms with Crippen molar-refractivity contribution < 1.29 is 19.8 Å². The quantitative estimate of drug-likeness (QED) is 0.717. The van der Waals surface area contributed by atoms with Gasteiger partial charge in [-0.15, -0.1) is 0 Å². The van der Waals surface area contributed by atoms with Crippen LogP contribution in [0.1, 0.15) is 26.2 Å². The average molecular weight is 201 g/mol. The summed E-state index contributed by atoms with van der Waals surface area (Å²) in [6, 6.07) is -0.315. The molecular formula is C9H15NO4. The SMILES string of the molecule is CCCCC1C(C(=O)O)CN1C(=O)O. The Kier molecular flexibility index (Phi) is 3.33. The fourth-order valence-electron chi connectivity index (χ4n) is 1.78. The molecule has 1 fully saturated rings. The fraction of sp³-hybridized carbons (Fsp3) is 0.778. The zero-order valence-corrected chi connectivity index (χ0v) is 8.14. The summed E-state index contributed by atoms with van der Waals surface area (Å²) < 4.78 is 0. The molecular weight excluding hydrogens is 186 g/mol. The molecule has 1 aliphatic rings. The molecule has 5 nitrogen and oxygen atoms in total. The number of unbranched alkanes of at least 4 members (excludes halogenated alkanes) is 1. The predicted octanol–water partition coefficient (Wildman–Crippen LogP) is 1.24. The summed E-state index contributed by atoms with van der Waals surface area (Å²) in [7, 11) is 0. The number of amides is 1. The molecule has 14 heavy (non-hydrogen) atoms. The molecule has 1 saturated heterocycles. The maximum atomic E-state index is 10.7. The summed E-state index contributed by atoms with van der Waals surface area (Å²) in [6.45, 7) is 2.14. The lowest BCUT2D eigenvalue weighted by molar-refractivity contribution is -0.150. The predicted molar refractivity (Wildman–Crippen MR) is 49.2 cm³/mol. The molecule has 0 aromatic carbocycles. The third-order valence-corrected chi connectivity index (χ3v) is 2.67. The van der Waals surface area contributed by atoms with Gasteiger partial charge in [0.25, 0.3) is 0 Å². The van der Waals surface area contributed by atoms with Crippen molar-refractivity contribution in [3.8, 4) is 0 Å². The van der Waals surface area contributed by atoms with Crippen molar-refractivity contribution in [2.75, 3.05) is 6.54 Å². The first kappa shape index (κ1) is 10.8. The first-order chi connectivity index (χ1) is 6.57. The second-order valence-electron chi connectivity index (χ2n) is 3.59. The maximum absolute atomic E-state index is 10.7. The van der Waals surface area contributed by atoms with E-state index in [2.05, 4.69) is 0 Å². The molecule has 0 spiro atoms. The van der Waals surface area contributed by atoms with E-state index in [0.717, 1.165) is 12.8 Å². The molecule has 1 rings (SSSR count). The van der Waals surface area contributed by atoms with Crippen LogP contribution in [0.4, 0.5) is 4.79 Å². The van der Waals surface area contributed by atoms with Crippen LogP contribution < -0.4 is 0 Å². The highest BCUT2D eigenvalue weighted by molar-refractivity contribution is 5.77. The molecule has 0 bridgehead atoms. The molecule has 0 radical (unpaired) electrons. The van der Waals surface area contributed by atoms with Crippen LogP contribution in [0.25, 0.3) is 0 Å². The standard InChI is InChI=1S/C9H15NO4/c1-2-3-4-7-6(8(11)12)5-10(7)9(13)14/h6-7H,2-5H2,1H3,(H,11,12)(H,13,14). The third kappa shape index (κ3) is 1.97. The molecule has 1 heterocycles. The van der Waals surface area contributed by atoms with Crippen molar-refractivity contribution in [1.82, 2.24) is 4.90 Å². The Hall–Kier alpha value is -1.26. The maximum Gasteiger partial charge on any atom is 0.407 e. The Balaban J connectivity index is 2.52. The smallest absolute Gasteiger partial charge is 0.407 e. The summed E-state index contributed by atoms with van der Waals surface area (Å²) in [4.78, 5) is 22.6. The molecule has 0 aliphatic carbocycles. The molecule has 2 unspecified atom stereocenters. The van der Waals surface area contributed by atoms with E-state index in [0.29, 0.717) is 6.42 Å². The number of carbonyl (C=O) groups is 2. The fourth-order valence-corrected chi connectivity index (χ4v) is 1.78. The highest BCUT2D eigenvalue weighted by Crippen LogP contribution is 2.29. The third-order valence-electron chi connectivity index (χ3n) is 2.67. The van der Waals surface area contributed by atoms with Crippen LogP contribution in [0.3, 0.4) is 0 Å². The zero-order chi connectivity index (χ0) is 10.7. The van der Waals surface area contributed by atoms with E-state index < -0.39 is 18.0 Å². The molecule has 2 atom stereocenters. The number of carboxylic acids is 1. The van der Waals surface area contributed by atoms with Gasteiger partial charge in [0.05, 0.1) is 12.0 Å². The van der Waals surface area contributed by atoms with Crippen LogP contribution >= 0.6 is 0 Å². The highest BCUT2D eigenvalue weighted by atomic mass is 16.4. The lowest BCUT2D eigenvalue weighted by atomic mass is 9.85. The number of hydrogen-bond donors (Lipinski definition) is 2. The van der Waals surface area contributed by atoms with Gasteiger partial charge < -0.3 is 15.1 Å². The van der Waals surface area contributed by atoms with Crippen LogP contribution in [-0.4, -0.2) is 39.8 Å². The van der Waals surface area contributed by atoms with E-state index in [-0.39, 0.29) is 12.6 Å². The molecule has 0 aromatic heterocycles. The second kappa shape index (κ2) is 4.30. The van der Waals surface area contributed by atoms with E-state index in [9.17, 15) is 9.59 Å². The minimum Gasteiger partial charge on any atom is -0.481 e. The number of hydrogen-bond acceptors (Lipinski definition) is 2. The van der Waals surface area contributed by atoms with E-state index >= 15 is 0 Å². The summed E-state index contributed by atoms with van der Waals surface area (Å²) >= 11 is 0. The van der Waals surface area contributed by atoms with Gasteiger partial charge in [-0.25, -0.2) is 4.79 Å². The molecule has 0 saturated carbocycles. The van der Waals surface area contributed by atoms with Gasteiger partial charge in [-0.05, 0) is 6.42 Å². The van der Waals surface area contributed by atoms with Gasteiger partial charge in [0.2, 0.25) is 0 Å². The molecule has 1 amide bonds. The van der Waals surface area contributed by atoms with Crippen molar-refractivity contribution in [2.24, 2.45) is 5.92 Å². The van der Waals surface area contributed by atoms with Gasteiger partial charge in [0.1, 0.15) is 0 Å². The number of likely N-dealkylation sites (tertiary alicyclic amines) is 1. The molecule has 2 N–H and O–H groups in total. The molecule has 80 valence electrons. The number of nitrogens with zero attached hydrogens (tertiary/aromatic N) is 1. The highest BCUT2D eigenvalue weighted by Gasteiger charge is 2.45. The summed E-state index contributed by atoms with van der Waals surface area (Å²) in [5, 5.41) is 17.5. The van der Waals surface area contributed by atoms with Crippen LogP contribution in [0.2, 0.25) is 0 Å². The van der Waals surface area contributed by atoms with Crippen molar-refractivity contribution in [3.05, 3.63) is 0 Å². The van der Waals surface area contributed by atoms with Crippen LogP contribution in [0, 0.1) is 5.92 Å². The van der Waals surface area contributed by atoms with Crippen LogP contribution in [-0.2, 0) is 4.79 Å². The topological polar surface area (TPSA) is 77.8 Å². The van der Waals surface area contributed by atoms with E-state index in [1.807, 2.05) is 6.92 Å². The van der Waals surface area contributed by atoms with Crippen molar-refractivity contribution in [1.29, 1.82) is 0 Å². The van der Waals surface area contributed by atoms with Crippen LogP contribution in [0.15, 0.2) is 0 Å². The molecule has 0 aromatic rings. The lowest BCUT2D eigenvalue weighted by Crippen LogP contribution is -2.60. The minimum atomic E-state index is -1.01. The van der Waals surface area contributed by atoms with E-state index in [4.69, 9.17) is 10.2 Å². The summed E-state index contributed by atoms with van der Waals surface area (Å²) in [5.41, 5.74) is 0. The Bertz CT molecular complexity index is 221. The second-order valence-corrected chi connectivity index (χ2v) is 3.59. The largest absolute Gasteiger partial charge is 0.481 e. The van der Waals surface area contributed by atoms with Crippen LogP contribution in [0.5, 0.6) is 0 Å². The Morgan fingerprint density at radius 3 is 2.50 bits per heavy atom. The van der Waals surface area contributed by atoms with E-state index in [1.165, 1.54) is 4.90 Å². The number of rotatable bonds is 4. The Morgan fingerprint density at radius 2 is 2.07 bits per heavy atom. The normalized spacial score (nSPS) is 25.6. The summed E-state index contributed by atoms with van der Waals surface area (Å²) in [6.07, 6.45) is 1.47. The van der Waals surface area contributed by atoms with E-state index in [1.54, 1.807) is 0 Å². The molecule has 1 aliphatic heterocycles. The van der Waals surface area contributed by atoms with Gasteiger partial charge in [-0.2, -0.15) is 0 Å². The number of carboxylic acid groups (broad SMARTS) is 2. The van der Waals surface area contributed by atoms with Gasteiger partial charge in [-0.1, -0.05) is 19.8 Å². The van der Waals surface area contributed by atoms with Gasteiger partial charge in [0, 0.05) is 6.54 Å². The summed E-state index contributed by atoms with van der Waals surface area (Å²) in [5.74, 6) is -1.39. The van der Waals surface area contributed by atoms with Crippen molar-refractivity contribution >= 4 is 12.1 Å². The monoisotopic (exact) mass is 201 g/mol. The van der Waals surface area contributed by atoms with Gasteiger partial charge >= 0.3 is 12.1 Å². The van der Waals surface area contributed by atoms with Crippen molar-refractivity contribution in [3.63, 3.8) is 0 Å². The number of aliphatic carboxylic acids is 1. The molecule has 5 heteroatoms. The minimum absolute atomic E-state index is 0.138. The first-order valence-electron chi connectivity index (χ1n) is 4.80. The average Bonchev–Trinajstić information content (AvgIpc) is 2.01. The lowest BCUT2D eigenvalue weighted by Gasteiger charge is -2.44. The zero-order valence-electron chi connectivity index (χ0n) is 8.14. The Morgan fingerprint density at radius 1 is 1.43 bits per heavy atom. The van der Waals surface area contributed by atoms with Crippen molar-refractivity contribution in [2.45, 2.75) is 32.2 Å². The Labute approximate surface area is 82.3 Å².